The van der Waals surface area contributed by atoms with Crippen molar-refractivity contribution in [3.63, 3.8) is 0 Å². The van der Waals surface area contributed by atoms with Crippen LogP contribution < -0.4 is 0 Å². The van der Waals surface area contributed by atoms with Crippen LogP contribution >= 0.6 is 8.58 Å². The van der Waals surface area contributed by atoms with E-state index >= 15 is 0 Å². The van der Waals surface area contributed by atoms with Crippen LogP contribution in [-0.2, 0) is 0 Å². The minimum absolute atomic E-state index is 0.898. The van der Waals surface area contributed by atoms with Gasteiger partial charge in [0, 0.05) is 8.58 Å². The number of allylic oxidation sites excluding steroid dienone is 2. The lowest BCUT2D eigenvalue weighted by Gasteiger charge is -1.81. The molecule has 0 saturated carbocycles. The molecule has 1 fully saturated rings. The fourth-order valence-electron chi connectivity index (χ4n) is 0.688. The average molecular weight is 85.1 g/mol. The minimum atomic E-state index is 0.898. The maximum Gasteiger partial charge on any atom is 0.123 e. The smallest absolute Gasteiger partial charge is 0.0406 e. The molecule has 0 aromatic rings. The van der Waals surface area contributed by atoms with Crippen LogP contribution in [0.4, 0.5) is 0 Å². The second kappa shape index (κ2) is 0.498. The van der Waals surface area contributed by atoms with Crippen molar-refractivity contribution in [1.29, 1.82) is 0 Å². The standard InChI is InChI=1S/C4H5P/c1-2-4-3(1)5-4/h1-5H/p+1. The largest absolute Gasteiger partial charge is 0.123 e. The highest BCUT2D eigenvalue weighted by atomic mass is 31.1. The van der Waals surface area contributed by atoms with Crippen LogP contribution in [0.25, 0.3) is 0 Å². The highest BCUT2D eigenvalue weighted by Gasteiger charge is 2.48. The Morgan fingerprint density at radius 1 is 1.20 bits per heavy atom. The van der Waals surface area contributed by atoms with Crippen molar-refractivity contribution in [1.82, 2.24) is 0 Å². The fourth-order valence-corrected chi connectivity index (χ4v) is 1.84. The molecule has 5 heavy (non-hydrogen) atoms. The normalized spacial score (nSPS) is 59.2. The van der Waals surface area contributed by atoms with E-state index in [1.807, 2.05) is 0 Å². The molecule has 2 aliphatic rings. The topological polar surface area (TPSA) is 0 Å². The lowest BCUT2D eigenvalue weighted by Crippen LogP contribution is -1.93. The molecule has 0 N–H and O–H groups in total. The first kappa shape index (κ1) is 2.36. The van der Waals surface area contributed by atoms with Gasteiger partial charge in [-0.25, -0.2) is 0 Å². The molecule has 0 spiro atoms. The Hall–Kier alpha value is 0.170. The minimum Gasteiger partial charge on any atom is -0.0406 e. The summed E-state index contributed by atoms with van der Waals surface area (Å²) in [5.41, 5.74) is 2.27. The van der Waals surface area contributed by atoms with E-state index < -0.39 is 0 Å². The van der Waals surface area contributed by atoms with Gasteiger partial charge in [-0.15, -0.1) is 0 Å². The molecule has 0 aromatic carbocycles. The van der Waals surface area contributed by atoms with E-state index in [4.69, 9.17) is 0 Å². The maximum absolute atomic E-state index is 2.33. The summed E-state index contributed by atoms with van der Waals surface area (Å²) < 4.78 is 0. The van der Waals surface area contributed by atoms with Gasteiger partial charge in [-0.2, -0.15) is 0 Å². The van der Waals surface area contributed by atoms with Crippen molar-refractivity contribution in [2.24, 2.45) is 0 Å². The summed E-state index contributed by atoms with van der Waals surface area (Å²) >= 11 is 0. The van der Waals surface area contributed by atoms with Gasteiger partial charge in [0.25, 0.3) is 0 Å². The van der Waals surface area contributed by atoms with Gasteiger partial charge in [-0.3, -0.25) is 0 Å². The maximum atomic E-state index is 2.33. The molecule has 1 heteroatoms. The van der Waals surface area contributed by atoms with Crippen LogP contribution in [0.15, 0.2) is 12.2 Å². The molecule has 0 aromatic heterocycles. The monoisotopic (exact) mass is 85.0 g/mol. The summed E-state index contributed by atoms with van der Waals surface area (Å²) in [5, 5.41) is 0. The van der Waals surface area contributed by atoms with Gasteiger partial charge in [0.1, 0.15) is 11.3 Å². The summed E-state index contributed by atoms with van der Waals surface area (Å²) in [7, 11) is 0.898. The zero-order valence-corrected chi connectivity index (χ0v) is 4.04. The Morgan fingerprint density at radius 2 is 1.80 bits per heavy atom. The second-order valence-corrected chi connectivity index (χ2v) is 3.66. The average Bonchev–Trinajstić information content (AvgIpc) is 1.74. The first-order valence-electron chi connectivity index (χ1n) is 2.00. The van der Waals surface area contributed by atoms with Gasteiger partial charge in [0.2, 0.25) is 0 Å². The predicted octanol–water partition coefficient (Wildman–Crippen LogP) is 0.718. The van der Waals surface area contributed by atoms with Crippen LogP contribution in [0.5, 0.6) is 0 Å². The van der Waals surface area contributed by atoms with Gasteiger partial charge >= 0.3 is 0 Å². The molecule has 1 heterocycles. The molecule has 0 nitrogen and oxygen atoms in total. The number of hydrogen-bond donors (Lipinski definition) is 0. The number of rotatable bonds is 0. The predicted molar refractivity (Wildman–Crippen MR) is 26.4 cm³/mol. The summed E-state index contributed by atoms with van der Waals surface area (Å²) in [6.45, 7) is 0. The third-order valence-electron chi connectivity index (χ3n) is 1.30. The van der Waals surface area contributed by atoms with Gasteiger partial charge in [-0.05, 0) is 12.2 Å². The second-order valence-electron chi connectivity index (χ2n) is 1.73. The molecule has 0 amide bonds. The molecular formula is C4H6P+. The van der Waals surface area contributed by atoms with Crippen molar-refractivity contribution < 1.29 is 0 Å². The van der Waals surface area contributed by atoms with Gasteiger partial charge in [-0.1, -0.05) is 0 Å². The van der Waals surface area contributed by atoms with Crippen molar-refractivity contribution >= 4 is 8.58 Å². The van der Waals surface area contributed by atoms with Crippen LogP contribution in [0.1, 0.15) is 0 Å². The molecule has 1 aliphatic heterocycles. The summed E-state index contributed by atoms with van der Waals surface area (Å²) in [6.07, 6.45) is 4.67. The molecular weight excluding hydrogens is 79.0 g/mol. The molecule has 2 rings (SSSR count). The van der Waals surface area contributed by atoms with Crippen molar-refractivity contribution in [3.05, 3.63) is 12.2 Å². The van der Waals surface area contributed by atoms with Crippen molar-refractivity contribution in [2.45, 2.75) is 11.3 Å². The van der Waals surface area contributed by atoms with Crippen molar-refractivity contribution in [2.75, 3.05) is 0 Å². The summed E-state index contributed by atoms with van der Waals surface area (Å²) in [4.78, 5) is 0. The molecule has 2 unspecified atom stereocenters. The van der Waals surface area contributed by atoms with E-state index in [-0.39, 0.29) is 0 Å². The Balaban J connectivity index is 2.46. The van der Waals surface area contributed by atoms with Gasteiger partial charge in [0.15, 0.2) is 0 Å². The zero-order chi connectivity index (χ0) is 3.28. The fraction of sp³-hybridized carbons (Fsp3) is 0.500. The van der Waals surface area contributed by atoms with E-state index in [2.05, 4.69) is 12.2 Å². The molecule has 1 saturated heterocycles. The quantitative estimate of drug-likeness (QED) is 0.300. The molecule has 2 atom stereocenters. The van der Waals surface area contributed by atoms with Gasteiger partial charge < -0.3 is 0 Å². The highest BCUT2D eigenvalue weighted by Crippen LogP contribution is 2.56. The van der Waals surface area contributed by atoms with Crippen LogP contribution in [0.2, 0.25) is 0 Å². The van der Waals surface area contributed by atoms with Crippen molar-refractivity contribution in [3.8, 4) is 0 Å². The SMILES string of the molecule is C1=CC2[PH2+]C12. The third kappa shape index (κ3) is 0.157. The summed E-state index contributed by atoms with van der Waals surface area (Å²) in [5.74, 6) is 0. The highest BCUT2D eigenvalue weighted by molar-refractivity contribution is 7.50. The molecule has 0 radical (unpaired) electrons. The molecule has 26 valence electrons. The van der Waals surface area contributed by atoms with E-state index in [0.29, 0.717) is 0 Å². The number of hydrogen-bond acceptors (Lipinski definition) is 0. The Kier molecular flexibility index (Phi) is 0.235. The van der Waals surface area contributed by atoms with Crippen LogP contribution in [-0.4, -0.2) is 11.3 Å². The Labute approximate surface area is 33.0 Å². The van der Waals surface area contributed by atoms with E-state index in [9.17, 15) is 0 Å². The lowest BCUT2D eigenvalue weighted by molar-refractivity contribution is 1.13. The third-order valence-corrected chi connectivity index (χ3v) is 3.02. The Morgan fingerprint density at radius 3 is 1.80 bits per heavy atom. The molecule has 1 aliphatic carbocycles. The van der Waals surface area contributed by atoms with Gasteiger partial charge in [0.05, 0.1) is 0 Å². The first-order valence-corrected chi connectivity index (χ1v) is 3.33. The van der Waals surface area contributed by atoms with Crippen LogP contribution in [0.3, 0.4) is 0 Å². The number of fused-ring (bicyclic) bond motifs is 1. The van der Waals surface area contributed by atoms with Crippen LogP contribution in [0, 0.1) is 0 Å². The first-order chi connectivity index (χ1) is 2.47. The Bertz CT molecular complexity index is 75.6. The van der Waals surface area contributed by atoms with E-state index in [1.165, 1.54) is 0 Å². The molecule has 0 bridgehead atoms. The zero-order valence-electron chi connectivity index (χ0n) is 2.89. The van der Waals surface area contributed by atoms with E-state index in [1.54, 1.807) is 0 Å². The van der Waals surface area contributed by atoms with E-state index in [0.717, 1.165) is 19.9 Å². The summed E-state index contributed by atoms with van der Waals surface area (Å²) in [6, 6.07) is 0. The lowest BCUT2D eigenvalue weighted by atomic mass is 10.1.